The molecule has 0 radical (unpaired) electrons. The van der Waals surface area contributed by atoms with Crippen molar-refractivity contribution in [2.75, 3.05) is 27.9 Å². The molecule has 0 aliphatic heterocycles. The van der Waals surface area contributed by atoms with Crippen LogP contribution in [-0.4, -0.2) is 27.9 Å². The molecule has 0 aliphatic carbocycles. The molecule has 1 unspecified atom stereocenters. The van der Waals surface area contributed by atoms with Gasteiger partial charge in [0.25, 0.3) is 0 Å². The number of methoxy groups -OCH3 is 2. The van der Waals surface area contributed by atoms with Gasteiger partial charge < -0.3 is 19.5 Å². The van der Waals surface area contributed by atoms with E-state index < -0.39 is 0 Å². The van der Waals surface area contributed by atoms with Crippen molar-refractivity contribution in [1.82, 2.24) is 5.32 Å². The van der Waals surface area contributed by atoms with E-state index >= 15 is 0 Å². The third kappa shape index (κ3) is 3.67. The van der Waals surface area contributed by atoms with Crippen molar-refractivity contribution in [3.05, 3.63) is 54.1 Å². The summed E-state index contributed by atoms with van der Waals surface area (Å²) >= 11 is 0. The molecular weight excluding hydrogens is 266 g/mol. The highest BCUT2D eigenvalue weighted by Crippen LogP contribution is 2.29. The van der Waals surface area contributed by atoms with Crippen LogP contribution in [0.3, 0.4) is 0 Å². The lowest BCUT2D eigenvalue weighted by molar-refractivity contribution is 0.256. The number of likely N-dealkylation sites (N-methyl/N-ethyl adjacent to an activating group) is 1. The van der Waals surface area contributed by atoms with E-state index in [1.54, 1.807) is 14.2 Å². The first-order valence-corrected chi connectivity index (χ1v) is 6.86. The maximum Gasteiger partial charge on any atom is 0.161 e. The van der Waals surface area contributed by atoms with E-state index in [2.05, 4.69) is 5.32 Å². The normalized spacial score (nSPS) is 11.8. The molecular formula is C17H21NO3. The van der Waals surface area contributed by atoms with E-state index in [-0.39, 0.29) is 6.04 Å². The Labute approximate surface area is 125 Å². The molecule has 0 spiro atoms. The zero-order valence-corrected chi connectivity index (χ0v) is 12.6. The van der Waals surface area contributed by atoms with E-state index in [1.165, 1.54) is 0 Å². The largest absolute Gasteiger partial charge is 0.496 e. The van der Waals surface area contributed by atoms with Gasteiger partial charge in [0.05, 0.1) is 20.3 Å². The second-order valence-electron chi connectivity index (χ2n) is 4.55. The number of ether oxygens (including phenoxy) is 3. The minimum Gasteiger partial charge on any atom is -0.496 e. The Morgan fingerprint density at radius 2 is 1.43 bits per heavy atom. The van der Waals surface area contributed by atoms with Crippen molar-refractivity contribution in [3.8, 4) is 17.2 Å². The van der Waals surface area contributed by atoms with Crippen molar-refractivity contribution in [2.45, 2.75) is 6.04 Å². The molecule has 0 aromatic heterocycles. The summed E-state index contributed by atoms with van der Waals surface area (Å²) in [5.41, 5.74) is 1.07. The fourth-order valence-electron chi connectivity index (χ4n) is 2.19. The summed E-state index contributed by atoms with van der Waals surface area (Å²) in [7, 11) is 5.22. The average molecular weight is 287 g/mol. The third-order valence-corrected chi connectivity index (χ3v) is 3.34. The SMILES string of the molecule is CNC(COc1ccccc1OC)c1ccccc1OC. The number of nitrogens with one attached hydrogen (secondary N) is 1. The van der Waals surface area contributed by atoms with E-state index in [9.17, 15) is 0 Å². The Balaban J connectivity index is 2.12. The summed E-state index contributed by atoms with van der Waals surface area (Å²) in [4.78, 5) is 0. The molecule has 4 nitrogen and oxygen atoms in total. The van der Waals surface area contributed by atoms with Gasteiger partial charge in [-0.25, -0.2) is 0 Å². The number of rotatable bonds is 7. The van der Waals surface area contributed by atoms with Crippen molar-refractivity contribution < 1.29 is 14.2 Å². The number of hydrogen-bond donors (Lipinski definition) is 1. The maximum atomic E-state index is 5.89. The molecule has 2 rings (SSSR count). The van der Waals surface area contributed by atoms with Gasteiger partial charge in [-0.1, -0.05) is 30.3 Å². The Bertz CT molecular complexity index is 571. The Morgan fingerprint density at radius 1 is 0.857 bits per heavy atom. The van der Waals surface area contributed by atoms with Crippen LogP contribution in [0.25, 0.3) is 0 Å². The molecule has 0 bridgehead atoms. The summed E-state index contributed by atoms with van der Waals surface area (Å²) < 4.78 is 16.6. The van der Waals surface area contributed by atoms with Crippen LogP contribution >= 0.6 is 0 Å². The predicted octanol–water partition coefficient (Wildman–Crippen LogP) is 3.04. The van der Waals surface area contributed by atoms with Gasteiger partial charge in [0.2, 0.25) is 0 Å². The lowest BCUT2D eigenvalue weighted by Gasteiger charge is -2.20. The molecule has 0 saturated heterocycles. The molecule has 1 atom stereocenters. The first kappa shape index (κ1) is 15.2. The van der Waals surface area contributed by atoms with Crippen LogP contribution < -0.4 is 19.5 Å². The number of benzene rings is 2. The molecule has 0 fully saturated rings. The van der Waals surface area contributed by atoms with Crippen LogP contribution in [-0.2, 0) is 0 Å². The van der Waals surface area contributed by atoms with Gasteiger partial charge in [0.1, 0.15) is 12.4 Å². The smallest absolute Gasteiger partial charge is 0.161 e. The second kappa shape index (κ2) is 7.55. The zero-order valence-electron chi connectivity index (χ0n) is 12.6. The summed E-state index contributed by atoms with van der Waals surface area (Å²) in [5.74, 6) is 2.31. The maximum absolute atomic E-state index is 5.89. The van der Waals surface area contributed by atoms with E-state index in [0.29, 0.717) is 6.61 Å². The van der Waals surface area contributed by atoms with Gasteiger partial charge >= 0.3 is 0 Å². The first-order chi connectivity index (χ1) is 10.3. The second-order valence-corrected chi connectivity index (χ2v) is 4.55. The Hall–Kier alpha value is -2.20. The standard InChI is InChI=1S/C17H21NO3/c1-18-14(13-8-4-5-9-15(13)19-2)12-21-17-11-7-6-10-16(17)20-3/h4-11,14,18H,12H2,1-3H3. The average Bonchev–Trinajstić information content (AvgIpc) is 2.56. The van der Waals surface area contributed by atoms with Crippen LogP contribution in [0.2, 0.25) is 0 Å². The topological polar surface area (TPSA) is 39.7 Å². The first-order valence-electron chi connectivity index (χ1n) is 6.86. The van der Waals surface area contributed by atoms with Gasteiger partial charge in [-0.2, -0.15) is 0 Å². The molecule has 0 saturated carbocycles. The highest BCUT2D eigenvalue weighted by Gasteiger charge is 2.15. The molecule has 0 amide bonds. The van der Waals surface area contributed by atoms with Crippen LogP contribution in [0.1, 0.15) is 11.6 Å². The van der Waals surface area contributed by atoms with Gasteiger partial charge in [0, 0.05) is 5.56 Å². The van der Waals surface area contributed by atoms with E-state index in [0.717, 1.165) is 22.8 Å². The molecule has 21 heavy (non-hydrogen) atoms. The monoisotopic (exact) mass is 287 g/mol. The lowest BCUT2D eigenvalue weighted by atomic mass is 10.1. The summed E-state index contributed by atoms with van der Waals surface area (Å²) in [6.45, 7) is 0.483. The molecule has 2 aromatic carbocycles. The highest BCUT2D eigenvalue weighted by atomic mass is 16.5. The zero-order chi connectivity index (χ0) is 15.1. The number of para-hydroxylation sites is 3. The van der Waals surface area contributed by atoms with Crippen molar-refractivity contribution in [2.24, 2.45) is 0 Å². The Morgan fingerprint density at radius 3 is 2.05 bits per heavy atom. The lowest BCUT2D eigenvalue weighted by Crippen LogP contribution is -2.24. The fourth-order valence-corrected chi connectivity index (χ4v) is 2.19. The van der Waals surface area contributed by atoms with Crippen molar-refractivity contribution >= 4 is 0 Å². The third-order valence-electron chi connectivity index (χ3n) is 3.34. The quantitative estimate of drug-likeness (QED) is 0.849. The van der Waals surface area contributed by atoms with Crippen molar-refractivity contribution in [1.29, 1.82) is 0 Å². The molecule has 1 N–H and O–H groups in total. The van der Waals surface area contributed by atoms with Gasteiger partial charge in [-0.05, 0) is 25.2 Å². The summed E-state index contributed by atoms with van der Waals surface area (Å²) in [6, 6.07) is 15.6. The molecule has 112 valence electrons. The van der Waals surface area contributed by atoms with E-state index in [4.69, 9.17) is 14.2 Å². The molecule has 0 aliphatic rings. The highest BCUT2D eigenvalue weighted by molar-refractivity contribution is 5.40. The van der Waals surface area contributed by atoms with Crippen LogP contribution in [0.15, 0.2) is 48.5 Å². The summed E-state index contributed by atoms with van der Waals surface area (Å²) in [5, 5.41) is 3.25. The van der Waals surface area contributed by atoms with Crippen LogP contribution in [0, 0.1) is 0 Å². The van der Waals surface area contributed by atoms with Crippen LogP contribution in [0.5, 0.6) is 17.2 Å². The fraction of sp³-hybridized carbons (Fsp3) is 0.294. The molecule has 0 heterocycles. The van der Waals surface area contributed by atoms with Crippen molar-refractivity contribution in [3.63, 3.8) is 0 Å². The molecule has 4 heteroatoms. The minimum atomic E-state index is 0.0334. The minimum absolute atomic E-state index is 0.0334. The van der Waals surface area contributed by atoms with Gasteiger partial charge in [-0.3, -0.25) is 0 Å². The predicted molar refractivity (Wildman–Crippen MR) is 83.3 cm³/mol. The van der Waals surface area contributed by atoms with Crippen LogP contribution in [0.4, 0.5) is 0 Å². The molecule has 2 aromatic rings. The van der Waals surface area contributed by atoms with Gasteiger partial charge in [0.15, 0.2) is 11.5 Å². The van der Waals surface area contributed by atoms with Gasteiger partial charge in [-0.15, -0.1) is 0 Å². The Kier molecular flexibility index (Phi) is 5.46. The number of hydrogen-bond acceptors (Lipinski definition) is 4. The summed E-state index contributed by atoms with van der Waals surface area (Å²) in [6.07, 6.45) is 0. The van der Waals surface area contributed by atoms with E-state index in [1.807, 2.05) is 55.6 Å².